The van der Waals surface area contributed by atoms with Crippen molar-refractivity contribution < 1.29 is 24.2 Å². The second-order valence-corrected chi connectivity index (χ2v) is 8.14. The molecule has 1 unspecified atom stereocenters. The van der Waals surface area contributed by atoms with Gasteiger partial charge in [-0.1, -0.05) is 6.08 Å². The molecule has 1 aromatic rings. The number of ether oxygens (including phenoxy) is 1. The molecular formula is C20H18O5. The van der Waals surface area contributed by atoms with E-state index in [0.717, 1.165) is 19.1 Å². The monoisotopic (exact) mass is 338 g/mol. The SMILES string of the molecule is CC12CC[C@H]3[C@@H]1C=C1C(=O)c4ccc(O)cc4C(=O)[C@]1(O2)[C@@]3(C)C=O. The molecule has 6 rings (SSSR count). The van der Waals surface area contributed by atoms with E-state index in [1.807, 2.05) is 13.0 Å². The summed E-state index contributed by atoms with van der Waals surface area (Å²) < 4.78 is 6.39. The van der Waals surface area contributed by atoms with Crippen LogP contribution in [0.15, 0.2) is 29.8 Å². The molecule has 5 heteroatoms. The Morgan fingerprint density at radius 1 is 1.24 bits per heavy atom. The first kappa shape index (κ1) is 15.0. The van der Waals surface area contributed by atoms with Gasteiger partial charge in [-0.15, -0.1) is 0 Å². The first-order chi connectivity index (χ1) is 11.8. The number of carbonyl (C=O) groups excluding carboxylic acids is 3. The van der Waals surface area contributed by atoms with Gasteiger partial charge in [0.25, 0.3) is 0 Å². The third-order valence-electron chi connectivity index (χ3n) is 7.03. The standard InChI is InChI=1S/C20H18O5/c1-18(9-21)13-5-6-19(2)14(13)8-15-16(23)11-4-3-10(22)7-12(11)17(24)20(15,18)25-19/h3-4,7-9,13-14,22H,5-6H2,1-2H3/t13-,14-,18-,19?,20-/m0/s1. The average Bonchev–Trinajstić information content (AvgIpc) is 2.89. The van der Waals surface area contributed by atoms with Crippen molar-refractivity contribution in [2.45, 2.75) is 37.9 Å². The molecule has 1 saturated carbocycles. The number of carbonyl (C=O) groups is 3. The summed E-state index contributed by atoms with van der Waals surface area (Å²) in [4.78, 5) is 38.9. The lowest BCUT2D eigenvalue weighted by atomic mass is 9.49. The molecule has 5 nitrogen and oxygen atoms in total. The van der Waals surface area contributed by atoms with Gasteiger partial charge >= 0.3 is 0 Å². The van der Waals surface area contributed by atoms with Crippen LogP contribution < -0.4 is 0 Å². The van der Waals surface area contributed by atoms with Gasteiger partial charge in [0.2, 0.25) is 5.78 Å². The first-order valence-corrected chi connectivity index (χ1v) is 8.60. The van der Waals surface area contributed by atoms with Crippen molar-refractivity contribution >= 4 is 17.9 Å². The van der Waals surface area contributed by atoms with Crippen molar-refractivity contribution in [1.82, 2.24) is 0 Å². The molecule has 1 spiro atoms. The summed E-state index contributed by atoms with van der Waals surface area (Å²) in [5.74, 6) is -0.835. The molecule has 5 aliphatic rings. The lowest BCUT2D eigenvalue weighted by molar-refractivity contribution is -0.219. The van der Waals surface area contributed by atoms with Crippen LogP contribution in [-0.2, 0) is 9.53 Å². The Kier molecular flexibility index (Phi) is 2.46. The summed E-state index contributed by atoms with van der Waals surface area (Å²) in [5, 5.41) is 9.82. The molecule has 128 valence electrons. The number of hydrogen-bond acceptors (Lipinski definition) is 5. The Bertz CT molecular complexity index is 915. The smallest absolute Gasteiger partial charge is 0.201 e. The van der Waals surface area contributed by atoms with Crippen LogP contribution in [-0.4, -0.2) is 34.2 Å². The van der Waals surface area contributed by atoms with E-state index in [2.05, 4.69) is 0 Å². The summed E-state index contributed by atoms with van der Waals surface area (Å²) >= 11 is 0. The molecule has 1 saturated heterocycles. The lowest BCUT2D eigenvalue weighted by Crippen LogP contribution is -2.72. The zero-order valence-corrected chi connectivity index (χ0v) is 14.0. The van der Waals surface area contributed by atoms with E-state index in [1.165, 1.54) is 18.2 Å². The van der Waals surface area contributed by atoms with E-state index < -0.39 is 22.4 Å². The van der Waals surface area contributed by atoms with Crippen LogP contribution in [0.3, 0.4) is 0 Å². The van der Waals surface area contributed by atoms with Crippen LogP contribution in [0.1, 0.15) is 47.4 Å². The zero-order valence-electron chi connectivity index (χ0n) is 14.0. The molecule has 2 aliphatic heterocycles. The normalized spacial score (nSPS) is 43.5. The zero-order chi connectivity index (χ0) is 17.8. The van der Waals surface area contributed by atoms with Crippen molar-refractivity contribution in [3.63, 3.8) is 0 Å². The third-order valence-corrected chi connectivity index (χ3v) is 7.03. The third kappa shape index (κ3) is 1.36. The number of fused-ring (bicyclic) bond motifs is 1. The number of benzene rings is 1. The largest absolute Gasteiger partial charge is 0.508 e. The van der Waals surface area contributed by atoms with Gasteiger partial charge in [0.05, 0.1) is 11.0 Å². The highest BCUT2D eigenvalue weighted by Gasteiger charge is 2.76. The lowest BCUT2D eigenvalue weighted by Gasteiger charge is -2.61. The number of rotatable bonds is 1. The van der Waals surface area contributed by atoms with E-state index in [9.17, 15) is 19.5 Å². The minimum Gasteiger partial charge on any atom is -0.508 e. The molecule has 1 N–H and O–H groups in total. The molecule has 1 aromatic carbocycles. The van der Waals surface area contributed by atoms with Crippen molar-refractivity contribution in [2.75, 3.05) is 0 Å². The minimum absolute atomic E-state index is 0.0249. The molecule has 3 aliphatic carbocycles. The van der Waals surface area contributed by atoms with Crippen molar-refractivity contribution in [2.24, 2.45) is 17.3 Å². The Hall–Kier alpha value is -2.27. The van der Waals surface area contributed by atoms with E-state index >= 15 is 0 Å². The second-order valence-electron chi connectivity index (χ2n) is 8.14. The van der Waals surface area contributed by atoms with Crippen LogP contribution in [0.5, 0.6) is 5.75 Å². The van der Waals surface area contributed by atoms with Gasteiger partial charge in [0, 0.05) is 22.6 Å². The number of aldehydes is 1. The van der Waals surface area contributed by atoms with Gasteiger partial charge in [-0.2, -0.15) is 0 Å². The van der Waals surface area contributed by atoms with E-state index in [-0.39, 0.29) is 34.5 Å². The minimum atomic E-state index is -1.59. The number of phenolic OH excluding ortho intramolecular Hbond substituents is 1. The molecular weight excluding hydrogens is 320 g/mol. The van der Waals surface area contributed by atoms with Crippen molar-refractivity contribution in [1.29, 1.82) is 0 Å². The van der Waals surface area contributed by atoms with Gasteiger partial charge in [-0.05, 0) is 50.8 Å². The summed E-state index contributed by atoms with van der Waals surface area (Å²) in [6.07, 6.45) is 4.24. The van der Waals surface area contributed by atoms with Crippen LogP contribution in [0, 0.1) is 17.3 Å². The van der Waals surface area contributed by atoms with Crippen LogP contribution >= 0.6 is 0 Å². The van der Waals surface area contributed by atoms with Gasteiger partial charge in [0.15, 0.2) is 11.4 Å². The highest BCUT2D eigenvalue weighted by Crippen LogP contribution is 2.68. The number of hydrogen-bond donors (Lipinski definition) is 1. The average molecular weight is 338 g/mol. The number of ketones is 2. The van der Waals surface area contributed by atoms with E-state index in [4.69, 9.17) is 4.74 Å². The quantitative estimate of drug-likeness (QED) is 0.796. The van der Waals surface area contributed by atoms with Gasteiger partial charge in [-0.25, -0.2) is 0 Å². The summed E-state index contributed by atoms with van der Waals surface area (Å²) in [7, 11) is 0. The number of aromatic hydroxyl groups is 1. The predicted octanol–water partition coefficient (Wildman–Crippen LogP) is 2.47. The fraction of sp³-hybridized carbons (Fsp3) is 0.450. The summed E-state index contributed by atoms with van der Waals surface area (Å²) in [6.45, 7) is 3.71. The van der Waals surface area contributed by atoms with Crippen LogP contribution in [0.25, 0.3) is 0 Å². The predicted molar refractivity (Wildman–Crippen MR) is 87.5 cm³/mol. The maximum absolute atomic E-state index is 13.6. The van der Waals surface area contributed by atoms with Gasteiger partial charge in [-0.3, -0.25) is 9.59 Å². The Morgan fingerprint density at radius 3 is 2.72 bits per heavy atom. The maximum atomic E-state index is 13.6. The van der Waals surface area contributed by atoms with E-state index in [0.29, 0.717) is 5.57 Å². The Morgan fingerprint density at radius 2 is 2.00 bits per heavy atom. The molecule has 0 radical (unpaired) electrons. The Labute approximate surface area is 144 Å². The van der Waals surface area contributed by atoms with E-state index in [1.54, 1.807) is 6.92 Å². The topological polar surface area (TPSA) is 80.7 Å². The van der Waals surface area contributed by atoms with Gasteiger partial charge < -0.3 is 14.6 Å². The fourth-order valence-electron chi connectivity index (χ4n) is 5.73. The van der Waals surface area contributed by atoms with Gasteiger partial charge in [0.1, 0.15) is 12.0 Å². The summed E-state index contributed by atoms with van der Waals surface area (Å²) in [5.41, 5.74) is -2.52. The summed E-state index contributed by atoms with van der Waals surface area (Å²) in [6, 6.07) is 4.17. The van der Waals surface area contributed by atoms with Crippen molar-refractivity contribution in [3.05, 3.63) is 41.0 Å². The Balaban J connectivity index is 1.88. The molecule has 25 heavy (non-hydrogen) atoms. The fourth-order valence-corrected chi connectivity index (χ4v) is 5.73. The second kappa shape index (κ2) is 4.10. The molecule has 5 atom stereocenters. The molecule has 2 fully saturated rings. The van der Waals surface area contributed by atoms with Crippen molar-refractivity contribution in [3.8, 4) is 5.75 Å². The number of phenols is 1. The molecule has 4 bridgehead atoms. The maximum Gasteiger partial charge on any atom is 0.201 e. The van der Waals surface area contributed by atoms with Crippen LogP contribution in [0.4, 0.5) is 0 Å². The molecule has 0 aromatic heterocycles. The molecule has 2 heterocycles. The number of Topliss-reactive ketones (excluding diaryl/α,β-unsaturated/α-hetero) is 2. The highest BCUT2D eigenvalue weighted by molar-refractivity contribution is 6.28. The van der Waals surface area contributed by atoms with Crippen LogP contribution in [0.2, 0.25) is 0 Å². The molecule has 0 amide bonds. The highest BCUT2D eigenvalue weighted by atomic mass is 16.5. The first-order valence-electron chi connectivity index (χ1n) is 8.60.